The van der Waals surface area contributed by atoms with Gasteiger partial charge in [-0.3, -0.25) is 0 Å². The number of nitrogens with zero attached hydrogens (tertiary/aromatic N) is 1. The van der Waals surface area contributed by atoms with E-state index in [2.05, 4.69) is 16.5 Å². The number of hydrogen-bond acceptors (Lipinski definition) is 2. The van der Waals surface area contributed by atoms with Crippen molar-refractivity contribution in [3.8, 4) is 11.1 Å². The first kappa shape index (κ1) is 14.4. The predicted octanol–water partition coefficient (Wildman–Crippen LogP) is 5.57. The Balaban J connectivity index is 1.94. The van der Waals surface area contributed by atoms with Crippen LogP contribution in [0.3, 0.4) is 0 Å². The number of hydrogen-bond donors (Lipinski definition) is 0. The largest absolute Gasteiger partial charge is 0.244 e. The van der Waals surface area contributed by atoms with Gasteiger partial charge in [0.25, 0.3) is 0 Å². The average Bonchev–Trinajstić information content (AvgIpc) is 3.00. The van der Waals surface area contributed by atoms with Gasteiger partial charge in [0.2, 0.25) is 0 Å². The van der Waals surface area contributed by atoms with E-state index in [1.807, 2.05) is 18.2 Å². The van der Waals surface area contributed by atoms with E-state index in [9.17, 15) is 4.39 Å². The van der Waals surface area contributed by atoms with Gasteiger partial charge in [-0.2, -0.15) is 0 Å². The zero-order valence-corrected chi connectivity index (χ0v) is 12.7. The van der Waals surface area contributed by atoms with Crippen LogP contribution in [0.4, 0.5) is 4.39 Å². The molecule has 2 aromatic rings. The number of pyridine rings is 1. The maximum Gasteiger partial charge on any atom is 0.138 e. The molecule has 2 heterocycles. The molecule has 21 heavy (non-hydrogen) atoms. The van der Waals surface area contributed by atoms with Gasteiger partial charge in [-0.15, -0.1) is 11.8 Å². The van der Waals surface area contributed by atoms with Gasteiger partial charge in [-0.1, -0.05) is 48.0 Å². The van der Waals surface area contributed by atoms with Gasteiger partial charge in [0, 0.05) is 28.1 Å². The first-order valence-electron chi connectivity index (χ1n) is 6.64. The fourth-order valence-electron chi connectivity index (χ4n) is 2.21. The van der Waals surface area contributed by atoms with Crippen molar-refractivity contribution in [3.63, 3.8) is 0 Å². The number of rotatable bonds is 3. The minimum atomic E-state index is -0.264. The van der Waals surface area contributed by atoms with E-state index in [1.165, 1.54) is 0 Å². The van der Waals surface area contributed by atoms with Crippen LogP contribution in [-0.2, 0) is 0 Å². The second-order valence-corrected chi connectivity index (χ2v) is 6.20. The maximum absolute atomic E-state index is 14.7. The lowest BCUT2D eigenvalue weighted by Crippen LogP contribution is -1.93. The second kappa shape index (κ2) is 6.46. The second-order valence-electron chi connectivity index (χ2n) is 4.69. The lowest BCUT2D eigenvalue weighted by Gasteiger charge is -2.08. The Kier molecular flexibility index (Phi) is 4.42. The lowest BCUT2D eigenvalue weighted by molar-refractivity contribution is 0.628. The topological polar surface area (TPSA) is 12.9 Å². The molecule has 1 nitrogen and oxygen atoms in total. The summed E-state index contributed by atoms with van der Waals surface area (Å²) < 4.78 is 14.7. The van der Waals surface area contributed by atoms with Crippen LogP contribution < -0.4 is 0 Å². The predicted molar refractivity (Wildman–Crippen MR) is 88.8 cm³/mol. The van der Waals surface area contributed by atoms with Crippen molar-refractivity contribution >= 4 is 29.4 Å². The van der Waals surface area contributed by atoms with Crippen molar-refractivity contribution in [2.45, 2.75) is 11.7 Å². The van der Waals surface area contributed by atoms with Gasteiger partial charge in [0.05, 0.1) is 0 Å². The molecule has 0 spiro atoms. The minimum Gasteiger partial charge on any atom is -0.244 e. The molecule has 1 aliphatic rings. The van der Waals surface area contributed by atoms with Gasteiger partial charge < -0.3 is 0 Å². The highest BCUT2D eigenvalue weighted by Gasteiger charge is 2.12. The molecular formula is C17H13ClFNS. The molecule has 0 aliphatic carbocycles. The zero-order chi connectivity index (χ0) is 14.7. The lowest BCUT2D eigenvalue weighted by atomic mass is 10.0. The normalized spacial score (nSPS) is 17.7. The van der Waals surface area contributed by atoms with Crippen LogP contribution in [-0.4, -0.2) is 10.2 Å². The van der Waals surface area contributed by atoms with Crippen molar-refractivity contribution in [2.75, 3.05) is 0 Å². The summed E-state index contributed by atoms with van der Waals surface area (Å²) in [4.78, 5) is 4.00. The van der Waals surface area contributed by atoms with Crippen molar-refractivity contribution in [1.29, 1.82) is 0 Å². The number of benzene rings is 1. The van der Waals surface area contributed by atoms with E-state index >= 15 is 0 Å². The van der Waals surface area contributed by atoms with Crippen molar-refractivity contribution in [1.82, 2.24) is 4.98 Å². The fourth-order valence-corrected chi connectivity index (χ4v) is 3.25. The van der Waals surface area contributed by atoms with Crippen LogP contribution in [0, 0.1) is 5.82 Å². The number of aromatic nitrogens is 1. The molecule has 3 rings (SSSR count). The Morgan fingerprint density at radius 1 is 1.24 bits per heavy atom. The van der Waals surface area contributed by atoms with Crippen LogP contribution in [0.1, 0.15) is 12.0 Å². The minimum absolute atomic E-state index is 0.264. The molecule has 0 N–H and O–H groups in total. The molecule has 0 fully saturated rings. The summed E-state index contributed by atoms with van der Waals surface area (Å²) in [5, 5.41) is 2.79. The fraction of sp³-hybridized carbons (Fsp3) is 0.118. The molecule has 106 valence electrons. The van der Waals surface area contributed by atoms with E-state index in [4.69, 9.17) is 11.6 Å². The zero-order valence-electron chi connectivity index (χ0n) is 11.2. The summed E-state index contributed by atoms with van der Waals surface area (Å²) in [5.41, 5.74) is 1.66. The monoisotopic (exact) mass is 317 g/mol. The standard InChI is InChI=1S/C17H13ClFNS/c18-17-15(7-2-10-20-17)14-6-1-4-12(16(14)19)8-9-13-5-3-11-21-13/h1-4,6-11,13H,5H2. The molecule has 0 amide bonds. The maximum atomic E-state index is 14.7. The van der Waals surface area contributed by atoms with Gasteiger partial charge in [-0.05, 0) is 24.0 Å². The molecule has 1 aromatic carbocycles. The molecule has 4 heteroatoms. The Hall–Kier alpha value is -1.58. The van der Waals surface area contributed by atoms with Crippen LogP contribution in [0.2, 0.25) is 5.15 Å². The van der Waals surface area contributed by atoms with Crippen LogP contribution in [0.15, 0.2) is 54.1 Å². The van der Waals surface area contributed by atoms with Gasteiger partial charge in [0.1, 0.15) is 11.0 Å². The third-order valence-electron chi connectivity index (χ3n) is 3.29. The van der Waals surface area contributed by atoms with Gasteiger partial charge in [0.15, 0.2) is 0 Å². The van der Waals surface area contributed by atoms with Crippen LogP contribution in [0.5, 0.6) is 0 Å². The van der Waals surface area contributed by atoms with E-state index in [-0.39, 0.29) is 5.82 Å². The summed E-state index contributed by atoms with van der Waals surface area (Å²) in [6.07, 6.45) is 8.60. The first-order chi connectivity index (χ1) is 10.3. The Labute approximate surface area is 132 Å². The molecule has 1 aromatic heterocycles. The van der Waals surface area contributed by atoms with Crippen LogP contribution >= 0.6 is 23.4 Å². The van der Waals surface area contributed by atoms with Gasteiger partial charge >= 0.3 is 0 Å². The summed E-state index contributed by atoms with van der Waals surface area (Å²) in [6.45, 7) is 0. The third kappa shape index (κ3) is 3.20. The Morgan fingerprint density at radius 2 is 2.10 bits per heavy atom. The van der Waals surface area contributed by atoms with Crippen molar-refractivity contribution in [3.05, 3.63) is 70.6 Å². The third-order valence-corrected chi connectivity index (χ3v) is 4.64. The highest BCUT2D eigenvalue weighted by Crippen LogP contribution is 2.31. The SMILES string of the molecule is Fc1c(C=CC2CC=CS2)cccc1-c1cccnc1Cl. The van der Waals surface area contributed by atoms with Crippen LogP contribution in [0.25, 0.3) is 17.2 Å². The van der Waals surface area contributed by atoms with E-state index in [0.717, 1.165) is 6.42 Å². The molecule has 1 unspecified atom stereocenters. The Morgan fingerprint density at radius 3 is 2.86 bits per heavy atom. The summed E-state index contributed by atoms with van der Waals surface area (Å²) in [6, 6.07) is 8.86. The smallest absolute Gasteiger partial charge is 0.138 e. The summed E-state index contributed by atoms with van der Waals surface area (Å²) in [7, 11) is 0. The first-order valence-corrected chi connectivity index (χ1v) is 7.96. The molecule has 1 aliphatic heterocycles. The molecule has 0 saturated carbocycles. The molecule has 1 atom stereocenters. The quantitative estimate of drug-likeness (QED) is 0.686. The molecule has 0 saturated heterocycles. The molecule has 0 radical (unpaired) electrons. The highest BCUT2D eigenvalue weighted by atomic mass is 35.5. The number of allylic oxidation sites excluding steroid dienone is 1. The van der Waals surface area contributed by atoms with E-state index in [0.29, 0.717) is 27.1 Å². The summed E-state index contributed by atoms with van der Waals surface area (Å²) in [5.74, 6) is -0.264. The molecular weight excluding hydrogens is 305 g/mol. The van der Waals surface area contributed by atoms with E-state index in [1.54, 1.807) is 42.2 Å². The summed E-state index contributed by atoms with van der Waals surface area (Å²) >= 11 is 7.81. The van der Waals surface area contributed by atoms with Gasteiger partial charge in [-0.25, -0.2) is 9.37 Å². The average molecular weight is 318 g/mol. The number of halogens is 2. The highest BCUT2D eigenvalue weighted by molar-refractivity contribution is 8.03. The van der Waals surface area contributed by atoms with Crippen molar-refractivity contribution in [2.24, 2.45) is 0 Å². The van der Waals surface area contributed by atoms with E-state index < -0.39 is 0 Å². The number of thioether (sulfide) groups is 1. The molecule has 0 bridgehead atoms. The Bertz CT molecular complexity index is 704. The van der Waals surface area contributed by atoms with Crippen molar-refractivity contribution < 1.29 is 4.39 Å².